The third kappa shape index (κ3) is 4.04. The Kier molecular flexibility index (Phi) is 5.50. The number of halogens is 2. The van der Waals surface area contributed by atoms with Crippen molar-refractivity contribution in [2.75, 3.05) is 23.9 Å². The normalized spacial score (nSPS) is 14.9. The molecule has 4 rings (SSSR count). The van der Waals surface area contributed by atoms with Gasteiger partial charge in [-0.1, -0.05) is 40.2 Å². The lowest BCUT2D eigenvalue weighted by molar-refractivity contribution is -0.113. The predicted octanol–water partition coefficient (Wildman–Crippen LogP) is 5.49. The fraction of sp³-hybridized carbons (Fsp3) is 0.0833. The van der Waals surface area contributed by atoms with Crippen LogP contribution in [-0.2, 0) is 4.79 Å². The zero-order valence-corrected chi connectivity index (χ0v) is 18.1. The Hall–Kier alpha value is -3.25. The summed E-state index contributed by atoms with van der Waals surface area (Å²) in [6, 6.07) is 21.3. The molecule has 3 aromatic rings. The highest BCUT2D eigenvalue weighted by atomic mass is 79.9. The van der Waals surface area contributed by atoms with Gasteiger partial charge >= 0.3 is 0 Å². The topological polar surface area (TPSA) is 35.9 Å². The molecule has 0 atom stereocenters. The van der Waals surface area contributed by atoms with Crippen molar-refractivity contribution in [3.05, 3.63) is 99.9 Å². The number of nitrogens with zero attached hydrogens (tertiary/aromatic N) is 3. The van der Waals surface area contributed by atoms with E-state index in [1.807, 2.05) is 67.5 Å². The van der Waals surface area contributed by atoms with Gasteiger partial charge in [-0.05, 0) is 60.2 Å². The van der Waals surface area contributed by atoms with E-state index in [1.54, 1.807) is 18.2 Å². The molecule has 0 unspecified atom stereocenters. The van der Waals surface area contributed by atoms with Gasteiger partial charge in [-0.3, -0.25) is 9.69 Å². The maximum Gasteiger partial charge on any atom is 0.282 e. The van der Waals surface area contributed by atoms with Crippen LogP contribution in [0.4, 0.5) is 15.8 Å². The van der Waals surface area contributed by atoms with Crippen LogP contribution in [0.5, 0.6) is 0 Å². The molecule has 0 bridgehead atoms. The van der Waals surface area contributed by atoms with Crippen LogP contribution in [0, 0.1) is 5.82 Å². The smallest absolute Gasteiger partial charge is 0.282 e. The van der Waals surface area contributed by atoms with Crippen LogP contribution < -0.4 is 9.80 Å². The molecule has 1 aliphatic heterocycles. The highest BCUT2D eigenvalue weighted by Crippen LogP contribution is 2.29. The standard InChI is InChI=1S/C24H19BrFN3O/c1-28(2)20-11-3-16(4-12-20)15-22-24(30)29(21-13-9-19(26)10-14-21)23(27-22)17-5-7-18(25)8-6-17/h3-15H,1-2H3/b22-15+. The zero-order chi connectivity index (χ0) is 21.3. The third-order valence-electron chi connectivity index (χ3n) is 4.76. The number of hydrogen-bond acceptors (Lipinski definition) is 3. The fourth-order valence-corrected chi connectivity index (χ4v) is 3.43. The van der Waals surface area contributed by atoms with E-state index in [1.165, 1.54) is 17.0 Å². The molecular weight excluding hydrogens is 445 g/mol. The fourth-order valence-electron chi connectivity index (χ4n) is 3.17. The van der Waals surface area contributed by atoms with Gasteiger partial charge in [-0.25, -0.2) is 9.38 Å². The van der Waals surface area contributed by atoms with Crippen LogP contribution in [0.3, 0.4) is 0 Å². The average Bonchev–Trinajstić information content (AvgIpc) is 3.06. The minimum absolute atomic E-state index is 0.254. The maximum atomic E-state index is 13.4. The summed E-state index contributed by atoms with van der Waals surface area (Å²) in [5.41, 5.74) is 3.64. The largest absolute Gasteiger partial charge is 0.378 e. The summed E-state index contributed by atoms with van der Waals surface area (Å²) in [7, 11) is 3.95. The first-order valence-corrected chi connectivity index (χ1v) is 10.2. The van der Waals surface area contributed by atoms with E-state index in [0.29, 0.717) is 17.2 Å². The molecule has 0 aliphatic carbocycles. The van der Waals surface area contributed by atoms with E-state index in [-0.39, 0.29) is 11.7 Å². The average molecular weight is 464 g/mol. The summed E-state index contributed by atoms with van der Waals surface area (Å²) in [5, 5.41) is 0. The van der Waals surface area contributed by atoms with Crippen molar-refractivity contribution in [3.8, 4) is 0 Å². The molecule has 0 radical (unpaired) electrons. The summed E-state index contributed by atoms with van der Waals surface area (Å²) >= 11 is 3.43. The summed E-state index contributed by atoms with van der Waals surface area (Å²) in [4.78, 5) is 21.4. The molecule has 0 aromatic heterocycles. The quantitative estimate of drug-likeness (QED) is 0.479. The second-order valence-corrected chi connectivity index (χ2v) is 7.99. The Balaban J connectivity index is 1.77. The molecule has 1 amide bonds. The second-order valence-electron chi connectivity index (χ2n) is 7.07. The lowest BCUT2D eigenvalue weighted by Gasteiger charge is -2.18. The van der Waals surface area contributed by atoms with Crippen molar-refractivity contribution in [3.63, 3.8) is 0 Å². The predicted molar refractivity (Wildman–Crippen MR) is 123 cm³/mol. The highest BCUT2D eigenvalue weighted by Gasteiger charge is 2.32. The van der Waals surface area contributed by atoms with Gasteiger partial charge in [0.05, 0.1) is 5.69 Å². The van der Waals surface area contributed by atoms with E-state index in [2.05, 4.69) is 20.9 Å². The van der Waals surface area contributed by atoms with Gasteiger partial charge in [-0.15, -0.1) is 0 Å². The number of carbonyl (C=O) groups excluding carboxylic acids is 1. The molecule has 1 aliphatic rings. The molecule has 0 saturated carbocycles. The number of anilines is 2. The third-order valence-corrected chi connectivity index (χ3v) is 5.29. The van der Waals surface area contributed by atoms with Gasteiger partial charge in [0.15, 0.2) is 0 Å². The van der Waals surface area contributed by atoms with Gasteiger partial charge in [0.1, 0.15) is 17.3 Å². The molecule has 6 heteroatoms. The molecule has 0 spiro atoms. The number of amides is 1. The molecule has 0 saturated heterocycles. The first-order valence-electron chi connectivity index (χ1n) is 9.36. The van der Waals surface area contributed by atoms with Gasteiger partial charge in [0.25, 0.3) is 5.91 Å². The van der Waals surface area contributed by atoms with Crippen molar-refractivity contribution < 1.29 is 9.18 Å². The summed E-state index contributed by atoms with van der Waals surface area (Å²) in [6.45, 7) is 0. The molecule has 150 valence electrons. The van der Waals surface area contributed by atoms with E-state index < -0.39 is 0 Å². The van der Waals surface area contributed by atoms with Gasteiger partial charge in [0, 0.05) is 29.8 Å². The Morgan fingerprint density at radius 1 is 0.933 bits per heavy atom. The van der Waals surface area contributed by atoms with Crippen LogP contribution >= 0.6 is 15.9 Å². The summed E-state index contributed by atoms with van der Waals surface area (Å²) in [6.07, 6.45) is 1.77. The number of rotatable bonds is 4. The van der Waals surface area contributed by atoms with Crippen molar-refractivity contribution in [2.24, 2.45) is 4.99 Å². The van der Waals surface area contributed by atoms with Crippen molar-refractivity contribution >= 4 is 45.1 Å². The first-order chi connectivity index (χ1) is 14.4. The highest BCUT2D eigenvalue weighted by molar-refractivity contribution is 9.10. The molecular formula is C24H19BrFN3O. The van der Waals surface area contributed by atoms with E-state index in [4.69, 9.17) is 0 Å². The monoisotopic (exact) mass is 463 g/mol. The van der Waals surface area contributed by atoms with Gasteiger partial charge < -0.3 is 4.90 Å². The zero-order valence-electron chi connectivity index (χ0n) is 16.5. The van der Waals surface area contributed by atoms with Gasteiger partial charge in [-0.2, -0.15) is 0 Å². The van der Waals surface area contributed by atoms with Crippen LogP contribution in [-0.4, -0.2) is 25.8 Å². The lowest BCUT2D eigenvalue weighted by Crippen LogP contribution is -2.32. The van der Waals surface area contributed by atoms with Crippen LogP contribution in [0.1, 0.15) is 11.1 Å². The molecule has 0 fully saturated rings. The van der Waals surface area contributed by atoms with Crippen LogP contribution in [0.2, 0.25) is 0 Å². The molecule has 4 nitrogen and oxygen atoms in total. The summed E-state index contributed by atoms with van der Waals surface area (Å²) in [5.74, 6) is -0.101. The molecule has 0 N–H and O–H groups in total. The van der Waals surface area contributed by atoms with E-state index >= 15 is 0 Å². The van der Waals surface area contributed by atoms with Crippen molar-refractivity contribution in [2.45, 2.75) is 0 Å². The van der Waals surface area contributed by atoms with Crippen LogP contribution in [0.25, 0.3) is 6.08 Å². The Morgan fingerprint density at radius 3 is 2.17 bits per heavy atom. The minimum atomic E-state index is -0.357. The molecule has 30 heavy (non-hydrogen) atoms. The van der Waals surface area contributed by atoms with E-state index in [9.17, 15) is 9.18 Å². The van der Waals surface area contributed by atoms with Crippen molar-refractivity contribution in [1.82, 2.24) is 0 Å². The number of amidine groups is 1. The minimum Gasteiger partial charge on any atom is -0.378 e. The van der Waals surface area contributed by atoms with Crippen molar-refractivity contribution in [1.29, 1.82) is 0 Å². The first kappa shape index (κ1) is 20.0. The number of aliphatic imine (C=N–C) groups is 1. The summed E-state index contributed by atoms with van der Waals surface area (Å²) < 4.78 is 14.4. The number of hydrogen-bond donors (Lipinski definition) is 0. The Labute approximate surface area is 183 Å². The number of benzene rings is 3. The van der Waals surface area contributed by atoms with E-state index in [0.717, 1.165) is 21.3 Å². The van der Waals surface area contributed by atoms with Gasteiger partial charge in [0.2, 0.25) is 0 Å². The van der Waals surface area contributed by atoms with Crippen LogP contribution in [0.15, 0.2) is 88.0 Å². The number of carbonyl (C=O) groups is 1. The Morgan fingerprint density at radius 2 is 1.57 bits per heavy atom. The Bertz CT molecular complexity index is 1130. The molecule has 3 aromatic carbocycles. The molecule has 1 heterocycles. The maximum absolute atomic E-state index is 13.4. The SMILES string of the molecule is CN(C)c1ccc(/C=C2/N=C(c3ccc(Br)cc3)N(c3ccc(F)cc3)C2=O)cc1. The second kappa shape index (κ2) is 8.24. The lowest BCUT2D eigenvalue weighted by atomic mass is 10.1.